The lowest BCUT2D eigenvalue weighted by Crippen LogP contribution is -2.15. The second-order valence-corrected chi connectivity index (χ2v) is 6.37. The number of rotatable bonds is 9. The third-order valence-electron chi connectivity index (χ3n) is 3.97. The molecule has 1 aromatic carbocycles. The third kappa shape index (κ3) is 6.06. The van der Waals surface area contributed by atoms with Crippen molar-refractivity contribution in [2.75, 3.05) is 25.5 Å². The van der Waals surface area contributed by atoms with Gasteiger partial charge in [0.05, 0.1) is 5.69 Å². The summed E-state index contributed by atoms with van der Waals surface area (Å²) in [7, 11) is 1.90. The second-order valence-electron chi connectivity index (χ2n) is 5.88. The first-order chi connectivity index (χ1) is 11.7. The molecule has 5 heteroatoms. The summed E-state index contributed by atoms with van der Waals surface area (Å²) < 4.78 is 0. The topological polar surface area (TPSA) is 62.4 Å². The Labute approximate surface area is 150 Å². The molecule has 1 aromatic rings. The lowest BCUT2D eigenvalue weighted by molar-refractivity contribution is 0.624. The normalized spacial score (nSPS) is 15.5. The number of hydrogen-bond donors (Lipinski definition) is 4. The summed E-state index contributed by atoms with van der Waals surface area (Å²) in [6.07, 6.45) is 12.0. The highest BCUT2D eigenvalue weighted by Crippen LogP contribution is 2.27. The highest BCUT2D eigenvalue weighted by Gasteiger charge is 2.04. The quantitative estimate of drug-likeness (QED) is 0.404. The van der Waals surface area contributed by atoms with Gasteiger partial charge in [0.1, 0.15) is 0 Å². The van der Waals surface area contributed by atoms with Gasteiger partial charge in [0.15, 0.2) is 0 Å². The van der Waals surface area contributed by atoms with E-state index in [9.17, 15) is 0 Å². The number of hydrogen-bond acceptors (Lipinski definition) is 5. The molecule has 1 aliphatic carbocycles. The molecule has 0 amide bonds. The highest BCUT2D eigenvalue weighted by atomic mass is 32.1. The van der Waals surface area contributed by atoms with Crippen molar-refractivity contribution in [2.45, 2.75) is 37.0 Å². The molecule has 2 rings (SSSR count). The molecular formula is C19H28N4S. The second kappa shape index (κ2) is 10.2. The lowest BCUT2D eigenvalue weighted by Gasteiger charge is -2.12. The van der Waals surface area contributed by atoms with E-state index < -0.39 is 0 Å². The monoisotopic (exact) mass is 344 g/mol. The maximum absolute atomic E-state index is 5.50. The van der Waals surface area contributed by atoms with Gasteiger partial charge < -0.3 is 16.4 Å². The molecule has 4 N–H and O–H groups in total. The maximum atomic E-state index is 5.50. The van der Waals surface area contributed by atoms with E-state index in [1.54, 1.807) is 0 Å². The first-order valence-corrected chi connectivity index (χ1v) is 9.08. The maximum Gasteiger partial charge on any atom is 0.0767 e. The van der Waals surface area contributed by atoms with Gasteiger partial charge in [-0.1, -0.05) is 18.9 Å². The van der Waals surface area contributed by atoms with E-state index in [-0.39, 0.29) is 0 Å². The minimum absolute atomic E-state index is 0.801. The fourth-order valence-electron chi connectivity index (χ4n) is 2.53. The molecule has 0 fully saturated rings. The van der Waals surface area contributed by atoms with Gasteiger partial charge in [-0.05, 0) is 49.7 Å². The molecule has 0 spiro atoms. The number of nitrogens with two attached hydrogens (primary N) is 1. The van der Waals surface area contributed by atoms with Gasteiger partial charge in [-0.3, -0.25) is 4.99 Å². The summed E-state index contributed by atoms with van der Waals surface area (Å²) in [5, 5.41) is 6.58. The Morgan fingerprint density at radius 1 is 1.17 bits per heavy atom. The Morgan fingerprint density at radius 2 is 2.00 bits per heavy atom. The lowest BCUT2D eigenvalue weighted by atomic mass is 10.1. The SMILES string of the molecule is CNc1ccc(N=C2C=CC(NCCCCCCN)=CC2)c(S)c1. The molecule has 0 atom stereocenters. The zero-order valence-corrected chi connectivity index (χ0v) is 15.3. The van der Waals surface area contributed by atoms with E-state index in [1.807, 2.05) is 25.2 Å². The van der Waals surface area contributed by atoms with E-state index in [2.05, 4.69) is 41.5 Å². The molecule has 4 nitrogen and oxygen atoms in total. The minimum Gasteiger partial charge on any atom is -0.388 e. The van der Waals surface area contributed by atoms with Crippen molar-refractivity contribution in [3.8, 4) is 0 Å². The smallest absolute Gasteiger partial charge is 0.0767 e. The van der Waals surface area contributed by atoms with E-state index >= 15 is 0 Å². The molecule has 0 saturated carbocycles. The van der Waals surface area contributed by atoms with Crippen LogP contribution in [0.5, 0.6) is 0 Å². The average Bonchev–Trinajstić information content (AvgIpc) is 2.61. The van der Waals surface area contributed by atoms with Gasteiger partial charge in [0.2, 0.25) is 0 Å². The van der Waals surface area contributed by atoms with Crippen LogP contribution in [0, 0.1) is 0 Å². The summed E-state index contributed by atoms with van der Waals surface area (Å²) in [4.78, 5) is 5.58. The van der Waals surface area contributed by atoms with Gasteiger partial charge >= 0.3 is 0 Å². The van der Waals surface area contributed by atoms with Crippen LogP contribution < -0.4 is 16.4 Å². The number of unbranched alkanes of at least 4 members (excludes halogenated alkanes) is 3. The van der Waals surface area contributed by atoms with Crippen LogP contribution in [-0.4, -0.2) is 25.8 Å². The van der Waals surface area contributed by atoms with E-state index in [4.69, 9.17) is 10.7 Å². The Balaban J connectivity index is 1.81. The summed E-state index contributed by atoms with van der Waals surface area (Å²) in [5.41, 5.74) is 9.68. The third-order valence-corrected chi connectivity index (χ3v) is 4.33. The van der Waals surface area contributed by atoms with E-state index in [0.29, 0.717) is 0 Å². The molecule has 0 heterocycles. The highest BCUT2D eigenvalue weighted by molar-refractivity contribution is 7.80. The molecule has 0 unspecified atom stereocenters. The van der Waals surface area contributed by atoms with Crippen LogP contribution in [0.1, 0.15) is 32.1 Å². The molecule has 0 radical (unpaired) electrons. The van der Waals surface area contributed by atoms with Crippen molar-refractivity contribution < 1.29 is 0 Å². The Kier molecular flexibility index (Phi) is 7.92. The molecular weight excluding hydrogens is 316 g/mol. The van der Waals surface area contributed by atoms with Crippen LogP contribution in [-0.2, 0) is 0 Å². The van der Waals surface area contributed by atoms with Crippen molar-refractivity contribution in [3.63, 3.8) is 0 Å². The Morgan fingerprint density at radius 3 is 2.67 bits per heavy atom. The van der Waals surface area contributed by atoms with Crippen LogP contribution in [0.4, 0.5) is 11.4 Å². The molecule has 0 saturated heterocycles. The van der Waals surface area contributed by atoms with Crippen molar-refractivity contribution >= 4 is 29.7 Å². The van der Waals surface area contributed by atoms with Gasteiger partial charge in [-0.2, -0.15) is 0 Å². The number of thiol groups is 1. The predicted octanol–water partition coefficient (Wildman–Crippen LogP) is 4.04. The van der Waals surface area contributed by atoms with Crippen LogP contribution in [0.2, 0.25) is 0 Å². The number of anilines is 1. The molecule has 1 aliphatic rings. The first-order valence-electron chi connectivity index (χ1n) is 8.63. The van der Waals surface area contributed by atoms with E-state index in [0.717, 1.165) is 47.9 Å². The number of allylic oxidation sites excluding steroid dienone is 3. The summed E-state index contributed by atoms with van der Waals surface area (Å²) in [6, 6.07) is 6.00. The predicted molar refractivity (Wildman–Crippen MR) is 108 cm³/mol. The van der Waals surface area contributed by atoms with Crippen molar-refractivity contribution in [2.24, 2.45) is 10.7 Å². The number of nitrogens with one attached hydrogen (secondary N) is 2. The largest absolute Gasteiger partial charge is 0.388 e. The van der Waals surface area contributed by atoms with Crippen molar-refractivity contribution in [1.29, 1.82) is 0 Å². The fraction of sp³-hybridized carbons (Fsp3) is 0.421. The van der Waals surface area contributed by atoms with Crippen LogP contribution >= 0.6 is 12.6 Å². The number of aliphatic imine (C=N–C) groups is 1. The standard InChI is InChI=1S/C19H28N4S/c1-21-17-10-11-18(19(24)14-17)23-16-8-6-15(7-9-16)22-13-5-3-2-4-12-20/h6-8,10-11,14,21-22,24H,2-5,9,12-13,20H2,1H3. The summed E-state index contributed by atoms with van der Waals surface area (Å²) in [6.45, 7) is 1.81. The van der Waals surface area contributed by atoms with Gasteiger partial charge in [0, 0.05) is 42.0 Å². The zero-order valence-electron chi connectivity index (χ0n) is 14.4. The number of benzene rings is 1. The molecule has 24 heavy (non-hydrogen) atoms. The van der Waals surface area contributed by atoms with Crippen LogP contribution in [0.15, 0.2) is 52.0 Å². The Hall–Kier alpha value is -1.72. The van der Waals surface area contributed by atoms with Crippen LogP contribution in [0.25, 0.3) is 0 Å². The molecule has 130 valence electrons. The molecule has 0 aliphatic heterocycles. The molecule has 0 bridgehead atoms. The Bertz CT molecular complexity index is 620. The van der Waals surface area contributed by atoms with Crippen LogP contribution in [0.3, 0.4) is 0 Å². The number of nitrogens with zero attached hydrogens (tertiary/aromatic N) is 1. The van der Waals surface area contributed by atoms with Crippen molar-refractivity contribution in [3.05, 3.63) is 42.1 Å². The fourth-order valence-corrected chi connectivity index (χ4v) is 2.80. The minimum atomic E-state index is 0.801. The summed E-state index contributed by atoms with van der Waals surface area (Å²) in [5.74, 6) is 0. The molecule has 0 aromatic heterocycles. The van der Waals surface area contributed by atoms with Gasteiger partial charge in [-0.25, -0.2) is 0 Å². The van der Waals surface area contributed by atoms with E-state index in [1.165, 1.54) is 25.0 Å². The van der Waals surface area contributed by atoms with Crippen molar-refractivity contribution in [1.82, 2.24) is 5.32 Å². The zero-order chi connectivity index (χ0) is 17.2. The van der Waals surface area contributed by atoms with Gasteiger partial charge in [-0.15, -0.1) is 12.6 Å². The van der Waals surface area contributed by atoms with Gasteiger partial charge in [0.25, 0.3) is 0 Å². The average molecular weight is 345 g/mol. The first kappa shape index (κ1) is 18.6. The summed E-state index contributed by atoms with van der Waals surface area (Å²) >= 11 is 4.51.